The first-order chi connectivity index (χ1) is 13.8. The topological polar surface area (TPSA) is 81.1 Å². The van der Waals surface area contributed by atoms with Crippen molar-refractivity contribution >= 4 is 37.4 Å². The van der Waals surface area contributed by atoms with Gasteiger partial charge in [0, 0.05) is 10.2 Å². The number of sulfone groups is 1. The SMILES string of the molecule is Cc1ccc(-c2cc(C(=O)Nc3ccc(Br)cc3)nn2[C@H]2CCS(=O)(=O)C2)cc1. The van der Waals surface area contributed by atoms with E-state index in [1.807, 2.05) is 43.3 Å². The highest BCUT2D eigenvalue weighted by Crippen LogP contribution is 2.30. The summed E-state index contributed by atoms with van der Waals surface area (Å²) in [5.74, 6) is -0.146. The number of nitrogens with zero attached hydrogens (tertiary/aromatic N) is 2. The van der Waals surface area contributed by atoms with Gasteiger partial charge in [0.25, 0.3) is 5.91 Å². The first-order valence-corrected chi connectivity index (χ1v) is 11.9. The Hall–Kier alpha value is -2.45. The molecule has 0 aliphatic carbocycles. The molecular formula is C21H20BrN3O3S. The fraction of sp³-hybridized carbons (Fsp3) is 0.238. The van der Waals surface area contributed by atoms with Crippen molar-refractivity contribution in [2.45, 2.75) is 19.4 Å². The molecule has 0 bridgehead atoms. The number of nitrogens with one attached hydrogen (secondary N) is 1. The predicted molar refractivity (Wildman–Crippen MR) is 117 cm³/mol. The number of carbonyl (C=O) groups is 1. The van der Waals surface area contributed by atoms with Gasteiger partial charge in [0.2, 0.25) is 0 Å². The van der Waals surface area contributed by atoms with Gasteiger partial charge in [-0.25, -0.2) is 8.42 Å². The molecule has 150 valence electrons. The van der Waals surface area contributed by atoms with E-state index in [-0.39, 0.29) is 29.1 Å². The van der Waals surface area contributed by atoms with Gasteiger partial charge in [-0.2, -0.15) is 5.10 Å². The highest BCUT2D eigenvalue weighted by molar-refractivity contribution is 9.10. The van der Waals surface area contributed by atoms with Gasteiger partial charge in [0.15, 0.2) is 15.5 Å². The Morgan fingerprint density at radius 2 is 1.83 bits per heavy atom. The van der Waals surface area contributed by atoms with Crippen molar-refractivity contribution in [2.24, 2.45) is 0 Å². The second-order valence-corrected chi connectivity index (χ2v) is 10.4. The maximum atomic E-state index is 12.8. The molecule has 1 saturated heterocycles. The van der Waals surface area contributed by atoms with Crippen LogP contribution in [0.1, 0.15) is 28.5 Å². The third kappa shape index (κ3) is 4.43. The number of hydrogen-bond acceptors (Lipinski definition) is 4. The number of anilines is 1. The number of amides is 1. The molecule has 0 spiro atoms. The van der Waals surface area contributed by atoms with Crippen LogP contribution in [0, 0.1) is 6.92 Å². The van der Waals surface area contributed by atoms with E-state index >= 15 is 0 Å². The summed E-state index contributed by atoms with van der Waals surface area (Å²) < 4.78 is 26.6. The number of carbonyl (C=O) groups excluding carboxylic acids is 1. The summed E-state index contributed by atoms with van der Waals surface area (Å²) in [6, 6.07) is 16.6. The van der Waals surface area contributed by atoms with Gasteiger partial charge in [-0.1, -0.05) is 45.8 Å². The van der Waals surface area contributed by atoms with Crippen molar-refractivity contribution < 1.29 is 13.2 Å². The van der Waals surface area contributed by atoms with E-state index in [0.717, 1.165) is 21.3 Å². The van der Waals surface area contributed by atoms with Crippen LogP contribution < -0.4 is 5.32 Å². The number of aryl methyl sites for hydroxylation is 1. The molecule has 0 saturated carbocycles. The van der Waals surface area contributed by atoms with Crippen molar-refractivity contribution in [3.05, 3.63) is 70.3 Å². The van der Waals surface area contributed by atoms with Crippen molar-refractivity contribution in [1.82, 2.24) is 9.78 Å². The quantitative estimate of drug-likeness (QED) is 0.614. The molecule has 1 atom stereocenters. The van der Waals surface area contributed by atoms with Crippen LogP contribution in [0.4, 0.5) is 5.69 Å². The molecule has 1 amide bonds. The fourth-order valence-corrected chi connectivity index (χ4v) is 5.38. The summed E-state index contributed by atoms with van der Waals surface area (Å²) in [6.45, 7) is 2.00. The van der Waals surface area contributed by atoms with Crippen LogP contribution in [-0.4, -0.2) is 35.6 Å². The lowest BCUT2D eigenvalue weighted by molar-refractivity contribution is 0.102. The van der Waals surface area contributed by atoms with E-state index in [4.69, 9.17) is 0 Å². The Kier molecular flexibility index (Phi) is 5.31. The van der Waals surface area contributed by atoms with Gasteiger partial charge < -0.3 is 5.32 Å². The first kappa shape index (κ1) is 19.8. The van der Waals surface area contributed by atoms with E-state index in [2.05, 4.69) is 26.3 Å². The smallest absolute Gasteiger partial charge is 0.276 e. The molecule has 1 aliphatic heterocycles. The predicted octanol–water partition coefficient (Wildman–Crippen LogP) is 4.23. The third-order valence-corrected chi connectivity index (χ3v) is 7.25. The van der Waals surface area contributed by atoms with Crippen LogP contribution in [0.5, 0.6) is 0 Å². The van der Waals surface area contributed by atoms with Crippen molar-refractivity contribution in [3.8, 4) is 11.3 Å². The normalized spacial score (nSPS) is 17.9. The zero-order valence-electron chi connectivity index (χ0n) is 15.8. The maximum absolute atomic E-state index is 12.8. The number of rotatable bonds is 4. The molecule has 3 aromatic rings. The molecule has 8 heteroatoms. The number of aromatic nitrogens is 2. The second kappa shape index (κ2) is 7.76. The number of hydrogen-bond donors (Lipinski definition) is 1. The van der Waals surface area contributed by atoms with Gasteiger partial charge in [-0.15, -0.1) is 0 Å². The van der Waals surface area contributed by atoms with Crippen LogP contribution in [-0.2, 0) is 9.84 Å². The fourth-order valence-electron chi connectivity index (χ4n) is 3.42. The summed E-state index contributed by atoms with van der Waals surface area (Å²) in [4.78, 5) is 12.8. The summed E-state index contributed by atoms with van der Waals surface area (Å²) in [6.07, 6.45) is 0.497. The van der Waals surface area contributed by atoms with Crippen LogP contribution >= 0.6 is 15.9 Å². The minimum Gasteiger partial charge on any atom is -0.321 e. The molecule has 0 radical (unpaired) electrons. The van der Waals surface area contributed by atoms with Crippen molar-refractivity contribution in [1.29, 1.82) is 0 Å². The lowest BCUT2D eigenvalue weighted by atomic mass is 10.1. The molecule has 29 heavy (non-hydrogen) atoms. The molecule has 1 aliphatic rings. The molecule has 6 nitrogen and oxygen atoms in total. The van der Waals surface area contributed by atoms with Crippen molar-refractivity contribution in [2.75, 3.05) is 16.8 Å². The number of benzene rings is 2. The van der Waals surface area contributed by atoms with Gasteiger partial charge in [0.1, 0.15) is 0 Å². The first-order valence-electron chi connectivity index (χ1n) is 9.25. The minimum absolute atomic E-state index is 0.0430. The Bertz CT molecular complexity index is 1150. The van der Waals surface area contributed by atoms with Crippen molar-refractivity contribution in [3.63, 3.8) is 0 Å². The Morgan fingerprint density at radius 1 is 1.14 bits per heavy atom. The zero-order chi connectivity index (χ0) is 20.6. The van der Waals surface area contributed by atoms with Gasteiger partial charge in [-0.05, 0) is 49.2 Å². The van der Waals surface area contributed by atoms with Crippen LogP contribution in [0.25, 0.3) is 11.3 Å². The average molecular weight is 474 g/mol. The number of halogens is 1. The molecule has 1 N–H and O–H groups in total. The highest BCUT2D eigenvalue weighted by atomic mass is 79.9. The minimum atomic E-state index is -3.08. The standard InChI is InChI=1S/C21H20BrN3O3S/c1-14-2-4-15(5-3-14)20-12-19(21(26)23-17-8-6-16(22)7-9-17)24-25(20)18-10-11-29(27,28)13-18/h2-9,12,18H,10-11,13H2,1H3,(H,23,26)/t18-/m0/s1. The summed E-state index contributed by atoms with van der Waals surface area (Å²) >= 11 is 3.37. The molecule has 4 rings (SSSR count). The van der Waals surface area contributed by atoms with E-state index in [1.165, 1.54) is 0 Å². The van der Waals surface area contributed by atoms with E-state index in [1.54, 1.807) is 22.9 Å². The van der Waals surface area contributed by atoms with Gasteiger partial charge in [0.05, 0.1) is 23.2 Å². The lowest BCUT2D eigenvalue weighted by Gasteiger charge is -2.13. The lowest BCUT2D eigenvalue weighted by Crippen LogP contribution is -2.16. The molecule has 2 aromatic carbocycles. The summed E-state index contributed by atoms with van der Waals surface area (Å²) in [7, 11) is -3.08. The highest BCUT2D eigenvalue weighted by Gasteiger charge is 2.32. The van der Waals surface area contributed by atoms with Crippen LogP contribution in [0.15, 0.2) is 59.1 Å². The van der Waals surface area contributed by atoms with E-state index < -0.39 is 9.84 Å². The average Bonchev–Trinajstić information content (AvgIpc) is 3.28. The summed E-state index contributed by atoms with van der Waals surface area (Å²) in [5, 5.41) is 7.34. The molecule has 0 unspecified atom stereocenters. The third-order valence-electron chi connectivity index (χ3n) is 4.97. The largest absolute Gasteiger partial charge is 0.321 e. The van der Waals surface area contributed by atoms with Gasteiger partial charge >= 0.3 is 0 Å². The van der Waals surface area contributed by atoms with Crippen LogP contribution in [0.2, 0.25) is 0 Å². The van der Waals surface area contributed by atoms with Crippen LogP contribution in [0.3, 0.4) is 0 Å². The molecule has 1 aromatic heterocycles. The molecule has 1 fully saturated rings. The second-order valence-electron chi connectivity index (χ2n) is 7.24. The van der Waals surface area contributed by atoms with E-state index in [9.17, 15) is 13.2 Å². The molecular weight excluding hydrogens is 454 g/mol. The maximum Gasteiger partial charge on any atom is 0.276 e. The Morgan fingerprint density at radius 3 is 2.45 bits per heavy atom. The monoisotopic (exact) mass is 473 g/mol. The van der Waals surface area contributed by atoms with E-state index in [0.29, 0.717) is 12.1 Å². The van der Waals surface area contributed by atoms with Gasteiger partial charge in [-0.3, -0.25) is 9.48 Å². The Balaban J connectivity index is 1.69. The summed E-state index contributed by atoms with van der Waals surface area (Å²) in [5.41, 5.74) is 3.68. The Labute approximate surface area is 178 Å². The zero-order valence-corrected chi connectivity index (χ0v) is 18.2. The molecule has 2 heterocycles.